The van der Waals surface area contributed by atoms with Crippen LogP contribution in [0.15, 0.2) is 0 Å². The first-order chi connectivity index (χ1) is 8.50. The molecule has 0 spiro atoms. The third kappa shape index (κ3) is 4.37. The van der Waals surface area contributed by atoms with Crippen molar-refractivity contribution in [1.82, 2.24) is 8.66 Å². The van der Waals surface area contributed by atoms with Gasteiger partial charge in [0.05, 0.1) is 0 Å². The second-order valence-electron chi connectivity index (χ2n) is 4.82. The van der Waals surface area contributed by atoms with Crippen molar-refractivity contribution in [2.24, 2.45) is 0 Å². The minimum atomic E-state index is -3.17. The second-order valence-corrected chi connectivity index (χ2v) is 18.2. The van der Waals surface area contributed by atoms with Crippen LogP contribution in [0.1, 0.15) is 40.5 Å². The first-order valence-electron chi connectivity index (χ1n) is 7.28. The molecular formula is C13H33HfN3O. The predicted molar refractivity (Wildman–Crippen MR) is 75.8 cm³/mol. The Labute approximate surface area is 120 Å². The summed E-state index contributed by atoms with van der Waals surface area (Å²) in [6, 6.07) is 0. The quantitative estimate of drug-likeness (QED) is 0.395. The molecule has 110 valence electrons. The molecule has 0 saturated heterocycles. The molecule has 0 saturated carbocycles. The first kappa shape index (κ1) is 18.7. The average molecular weight is 426 g/mol. The Bertz CT molecular complexity index is 190. The Morgan fingerprint density at radius 2 is 1.17 bits per heavy atom. The summed E-state index contributed by atoms with van der Waals surface area (Å²) in [6.45, 7) is 13.0. The van der Waals surface area contributed by atoms with Crippen LogP contribution in [0.5, 0.6) is 0 Å². The molecule has 0 aliphatic carbocycles. The molecule has 0 unspecified atom stereocenters. The van der Waals surface area contributed by atoms with E-state index in [4.69, 9.17) is 2.85 Å². The standard InChI is InChI=1S/C4H9O.3C3H8N.Hf/c1-2-3-4-5;3*1-3-4-2;/h2-4H2,1H3;3*3H2,1-2H3;/q4*-1;+4. The van der Waals surface area contributed by atoms with E-state index in [1.54, 1.807) is 0 Å². The van der Waals surface area contributed by atoms with Crippen LogP contribution < -0.4 is 0 Å². The van der Waals surface area contributed by atoms with E-state index in [0.29, 0.717) is 0 Å². The van der Waals surface area contributed by atoms with Crippen LogP contribution in [0.3, 0.4) is 0 Å². The van der Waals surface area contributed by atoms with Gasteiger partial charge in [-0.2, -0.15) is 0 Å². The molecule has 0 aromatic heterocycles. The summed E-state index contributed by atoms with van der Waals surface area (Å²) in [5.41, 5.74) is 0. The van der Waals surface area contributed by atoms with Crippen LogP contribution >= 0.6 is 0 Å². The number of hydrogen-bond donors (Lipinski definition) is 0. The normalized spacial score (nSPS) is 13.0. The molecular weight excluding hydrogens is 393 g/mol. The Kier molecular flexibility index (Phi) is 9.97. The molecule has 0 radical (unpaired) electrons. The van der Waals surface area contributed by atoms with Crippen LogP contribution in [0.25, 0.3) is 0 Å². The van der Waals surface area contributed by atoms with Gasteiger partial charge in [-0.3, -0.25) is 0 Å². The summed E-state index contributed by atoms with van der Waals surface area (Å²) in [5, 5.41) is 0. The summed E-state index contributed by atoms with van der Waals surface area (Å²) in [7, 11) is 6.68. The van der Waals surface area contributed by atoms with Crippen molar-refractivity contribution in [1.29, 1.82) is 0 Å². The number of rotatable bonds is 10. The van der Waals surface area contributed by atoms with Crippen LogP contribution in [-0.2, 0) is 24.1 Å². The van der Waals surface area contributed by atoms with Crippen LogP contribution in [-0.4, -0.2) is 56.0 Å². The molecule has 0 aliphatic heterocycles. The number of unbranched alkanes of at least 4 members (excludes halogenated alkanes) is 1. The molecule has 0 aromatic rings. The zero-order valence-corrected chi connectivity index (χ0v) is 17.1. The Morgan fingerprint density at radius 1 is 0.778 bits per heavy atom. The Morgan fingerprint density at radius 3 is 1.44 bits per heavy atom. The minimum absolute atomic E-state index is 0.900. The first-order valence-corrected chi connectivity index (χ1v) is 13.6. The summed E-state index contributed by atoms with van der Waals surface area (Å²) >= 11 is -3.17. The van der Waals surface area contributed by atoms with Crippen molar-refractivity contribution < 1.29 is 24.1 Å². The summed E-state index contributed by atoms with van der Waals surface area (Å²) in [6.07, 6.45) is 2.36. The molecule has 0 bridgehead atoms. The van der Waals surface area contributed by atoms with Gasteiger partial charge < -0.3 is 0 Å². The summed E-state index contributed by atoms with van der Waals surface area (Å²) in [5.74, 6) is 0. The molecule has 0 N–H and O–H groups in total. The number of hydrogen-bond acceptors (Lipinski definition) is 4. The molecule has 4 nitrogen and oxygen atoms in total. The molecule has 0 fully saturated rings. The van der Waals surface area contributed by atoms with Gasteiger partial charge >= 0.3 is 121 Å². The van der Waals surface area contributed by atoms with E-state index in [-0.39, 0.29) is 0 Å². The zero-order chi connectivity index (χ0) is 14.2. The maximum atomic E-state index is 6.53. The monoisotopic (exact) mass is 427 g/mol. The van der Waals surface area contributed by atoms with Crippen molar-refractivity contribution in [3.05, 3.63) is 0 Å². The van der Waals surface area contributed by atoms with Gasteiger partial charge in [-0.25, -0.2) is 0 Å². The fourth-order valence-corrected chi connectivity index (χ4v) is 16.8. The van der Waals surface area contributed by atoms with E-state index in [0.717, 1.165) is 32.7 Å². The van der Waals surface area contributed by atoms with Gasteiger partial charge in [0.15, 0.2) is 0 Å². The summed E-state index contributed by atoms with van der Waals surface area (Å²) < 4.78 is 14.0. The average Bonchev–Trinajstić information content (AvgIpc) is 2.41. The topological polar surface area (TPSA) is 19.0 Å². The van der Waals surface area contributed by atoms with Crippen molar-refractivity contribution in [2.75, 3.05) is 47.4 Å². The van der Waals surface area contributed by atoms with Crippen LogP contribution in [0.4, 0.5) is 0 Å². The van der Waals surface area contributed by atoms with E-state index in [9.17, 15) is 0 Å². The molecule has 0 rings (SSSR count). The van der Waals surface area contributed by atoms with E-state index in [1.807, 2.05) is 0 Å². The maximum absolute atomic E-state index is 6.53. The van der Waals surface area contributed by atoms with Gasteiger partial charge in [0.1, 0.15) is 0 Å². The van der Waals surface area contributed by atoms with Crippen molar-refractivity contribution in [2.45, 2.75) is 40.5 Å². The second kappa shape index (κ2) is 9.59. The van der Waals surface area contributed by atoms with Gasteiger partial charge in [0, 0.05) is 0 Å². The van der Waals surface area contributed by atoms with E-state index in [1.165, 1.54) is 6.42 Å². The number of nitrogens with zero attached hydrogens (tertiary/aromatic N) is 3. The molecule has 0 aromatic carbocycles. The van der Waals surface area contributed by atoms with Crippen LogP contribution in [0, 0.1) is 0 Å². The van der Waals surface area contributed by atoms with Gasteiger partial charge in [0.2, 0.25) is 0 Å². The van der Waals surface area contributed by atoms with Gasteiger partial charge in [-0.15, -0.1) is 0 Å². The van der Waals surface area contributed by atoms with Crippen LogP contribution in [0.2, 0.25) is 0 Å². The van der Waals surface area contributed by atoms with Crippen molar-refractivity contribution in [3.8, 4) is 0 Å². The molecule has 5 heteroatoms. The molecule has 0 aliphatic rings. The third-order valence-corrected chi connectivity index (χ3v) is 20.0. The fourth-order valence-electron chi connectivity index (χ4n) is 2.18. The SMILES string of the molecule is CCCC[O][Hf]([N](C)CC)([N](C)CC)[N](C)CC. The van der Waals surface area contributed by atoms with Crippen molar-refractivity contribution in [3.63, 3.8) is 0 Å². The molecule has 0 heterocycles. The Balaban J connectivity index is 5.12. The predicted octanol–water partition coefficient (Wildman–Crippen LogP) is 2.47. The Hall–Kier alpha value is 0.710. The van der Waals surface area contributed by atoms with Gasteiger partial charge in [-0.05, 0) is 0 Å². The molecule has 18 heavy (non-hydrogen) atoms. The van der Waals surface area contributed by atoms with Gasteiger partial charge in [-0.1, -0.05) is 0 Å². The van der Waals surface area contributed by atoms with E-state index in [2.05, 4.69) is 57.5 Å². The van der Waals surface area contributed by atoms with E-state index < -0.39 is 21.3 Å². The third-order valence-electron chi connectivity index (χ3n) is 3.71. The molecule has 0 atom stereocenters. The fraction of sp³-hybridized carbons (Fsp3) is 1.00. The van der Waals surface area contributed by atoms with Crippen molar-refractivity contribution >= 4 is 0 Å². The summed E-state index contributed by atoms with van der Waals surface area (Å²) in [4.78, 5) is 0. The van der Waals surface area contributed by atoms with Gasteiger partial charge in [0.25, 0.3) is 0 Å². The van der Waals surface area contributed by atoms with E-state index >= 15 is 0 Å². The zero-order valence-electron chi connectivity index (χ0n) is 13.5. The molecule has 0 amide bonds.